The molecule has 0 atom stereocenters. The fourth-order valence-electron chi connectivity index (χ4n) is 0.0779. The van der Waals surface area contributed by atoms with Gasteiger partial charge in [0.25, 0.3) is 0 Å². The predicted molar refractivity (Wildman–Crippen MR) is 33.5 cm³/mol. The summed E-state index contributed by atoms with van der Waals surface area (Å²) >= 11 is 0. The van der Waals surface area contributed by atoms with Crippen LogP contribution in [0.5, 0.6) is 0 Å². The van der Waals surface area contributed by atoms with Crippen molar-refractivity contribution in [3.8, 4) is 0 Å². The van der Waals surface area contributed by atoms with Gasteiger partial charge in [-0.1, -0.05) is 6.58 Å². The Hall–Kier alpha value is -0.0118. The first-order valence-electron chi connectivity index (χ1n) is 1.69. The van der Waals surface area contributed by atoms with E-state index in [1.54, 1.807) is 0 Å². The van der Waals surface area contributed by atoms with Gasteiger partial charge in [0, 0.05) is 5.57 Å². The summed E-state index contributed by atoms with van der Waals surface area (Å²) < 4.78 is 0. The van der Waals surface area contributed by atoms with E-state index in [1.165, 1.54) is 6.92 Å². The minimum absolute atomic E-state index is 0. The van der Waals surface area contributed by atoms with E-state index in [9.17, 15) is 4.79 Å². The van der Waals surface area contributed by atoms with Crippen LogP contribution in [-0.2, 0) is 9.68 Å². The van der Waals surface area contributed by atoms with Crippen LogP contribution < -0.4 is 0 Å². The monoisotopic (exact) mass is 226 g/mol. The topological polar surface area (TPSA) is 46.5 Å². The third-order valence-corrected chi connectivity index (χ3v) is 0.431. The molecule has 0 aromatic heterocycles. The van der Waals surface area contributed by atoms with Crippen molar-refractivity contribution in [2.45, 2.75) is 6.92 Å². The maximum atomic E-state index is 9.94. The van der Waals surface area contributed by atoms with Gasteiger partial charge in [0.1, 0.15) is 0 Å². The molecule has 0 rings (SSSR count). The van der Waals surface area contributed by atoms with Crippen LogP contribution in [0.4, 0.5) is 0 Å². The Morgan fingerprint density at radius 3 is 2.12 bits per heavy atom. The van der Waals surface area contributed by atoms with Crippen molar-refractivity contribution >= 4 is 30.4 Å². The summed E-state index contributed by atoms with van der Waals surface area (Å²) in [6, 6.07) is 0. The van der Waals surface area contributed by atoms with Gasteiger partial charge in [-0.2, -0.15) is 5.26 Å². The molecule has 0 aromatic rings. The van der Waals surface area contributed by atoms with Gasteiger partial charge in [-0.25, -0.2) is 4.79 Å². The van der Waals surface area contributed by atoms with E-state index in [0.717, 1.165) is 0 Å². The van der Waals surface area contributed by atoms with E-state index in [1.807, 2.05) is 0 Å². The van der Waals surface area contributed by atoms with E-state index in [2.05, 4.69) is 11.5 Å². The average Bonchev–Trinajstić information content (AvgIpc) is 1.65. The molecule has 0 radical (unpaired) electrons. The molecule has 1 N–H and O–H groups in total. The molecule has 4 heteroatoms. The second-order valence-corrected chi connectivity index (χ2v) is 1.16. The summed E-state index contributed by atoms with van der Waals surface area (Å²) in [6.07, 6.45) is 0. The summed E-state index contributed by atoms with van der Waals surface area (Å²) in [7, 11) is 0. The molecule has 0 aliphatic rings. The Morgan fingerprint density at radius 2 is 2.12 bits per heavy atom. The molecule has 3 nitrogen and oxygen atoms in total. The van der Waals surface area contributed by atoms with Gasteiger partial charge in [0.15, 0.2) is 0 Å². The van der Waals surface area contributed by atoms with Crippen molar-refractivity contribution in [3.05, 3.63) is 12.2 Å². The van der Waals surface area contributed by atoms with Crippen molar-refractivity contribution in [2.24, 2.45) is 0 Å². The molecule has 48 valence electrons. The summed E-state index contributed by atoms with van der Waals surface area (Å²) in [5, 5.41) is 7.59. The van der Waals surface area contributed by atoms with Gasteiger partial charge < -0.3 is 0 Å². The van der Waals surface area contributed by atoms with Crippen LogP contribution in [0.2, 0.25) is 0 Å². The molecule has 0 heterocycles. The molecule has 0 saturated heterocycles. The van der Waals surface area contributed by atoms with Gasteiger partial charge in [0.05, 0.1) is 0 Å². The number of carbonyl (C=O) groups excluding carboxylic acids is 1. The molecule has 8 heavy (non-hydrogen) atoms. The molecule has 0 spiro atoms. The first kappa shape index (κ1) is 10.9. The second kappa shape index (κ2) is 5.13. The molecule has 0 fully saturated rings. The van der Waals surface area contributed by atoms with Crippen molar-refractivity contribution < 1.29 is 14.9 Å². The van der Waals surface area contributed by atoms with Crippen LogP contribution in [0, 0.1) is 0 Å². The van der Waals surface area contributed by atoms with Crippen molar-refractivity contribution in [3.63, 3.8) is 0 Å². The molecule has 0 amide bonds. The zero-order chi connectivity index (χ0) is 5.86. The van der Waals surface area contributed by atoms with Crippen LogP contribution in [-0.4, -0.2) is 35.7 Å². The average molecular weight is 227 g/mol. The molecule has 0 aliphatic heterocycles. The van der Waals surface area contributed by atoms with Gasteiger partial charge >= 0.3 is 30.4 Å². The van der Waals surface area contributed by atoms with E-state index in [4.69, 9.17) is 5.26 Å². The molecule has 0 bridgehead atoms. The molecule has 0 saturated carbocycles. The normalized spacial score (nSPS) is 6.75. The fraction of sp³-hybridized carbons (Fsp3) is 0.250. The third kappa shape index (κ3) is 4.16. The summed E-state index contributed by atoms with van der Waals surface area (Å²) in [4.78, 5) is 13.2. The maximum absolute atomic E-state index is 9.94. The molecular formula is C4H9O3Sb. The Labute approximate surface area is 64.7 Å². The van der Waals surface area contributed by atoms with Gasteiger partial charge in [-0.05, 0) is 6.92 Å². The van der Waals surface area contributed by atoms with E-state index < -0.39 is 5.97 Å². The summed E-state index contributed by atoms with van der Waals surface area (Å²) in [5.74, 6) is -0.792. The molecule has 0 aromatic carbocycles. The quantitative estimate of drug-likeness (QED) is 0.281. The standard InChI is InChI=1S/C4H6O3.Sb.3H/c1-3(2)4(5)7-6;;;;/h6H,1H2,2H3;;;;. The Morgan fingerprint density at radius 1 is 1.75 bits per heavy atom. The van der Waals surface area contributed by atoms with E-state index in [-0.39, 0.29) is 30.0 Å². The minimum atomic E-state index is -0.792. The fourth-order valence-corrected chi connectivity index (χ4v) is 0.0779. The second-order valence-electron chi connectivity index (χ2n) is 1.16. The Kier molecular flexibility index (Phi) is 6.98. The van der Waals surface area contributed by atoms with Crippen LogP contribution in [0.25, 0.3) is 0 Å². The number of hydrogen-bond donors (Lipinski definition) is 1. The molecular weight excluding hydrogens is 218 g/mol. The Bertz CT molecular complexity index is 99.5. The zero-order valence-electron chi connectivity index (χ0n) is 4.68. The summed E-state index contributed by atoms with van der Waals surface area (Å²) in [6.45, 7) is 4.63. The van der Waals surface area contributed by atoms with Crippen LogP contribution in [0.15, 0.2) is 12.2 Å². The van der Waals surface area contributed by atoms with E-state index >= 15 is 0 Å². The first-order chi connectivity index (χ1) is 3.18. The third-order valence-electron chi connectivity index (χ3n) is 0.431. The number of rotatable bonds is 1. The first-order valence-corrected chi connectivity index (χ1v) is 1.69. The van der Waals surface area contributed by atoms with Gasteiger partial charge in [0.2, 0.25) is 0 Å². The van der Waals surface area contributed by atoms with Crippen molar-refractivity contribution in [1.82, 2.24) is 0 Å². The van der Waals surface area contributed by atoms with Crippen LogP contribution >= 0.6 is 0 Å². The Balaban J connectivity index is 0. The van der Waals surface area contributed by atoms with Gasteiger partial charge in [-0.15, -0.1) is 0 Å². The predicted octanol–water partition coefficient (Wildman–Crippen LogP) is -0.605. The number of carbonyl (C=O) groups is 1. The number of hydrogen-bond acceptors (Lipinski definition) is 3. The van der Waals surface area contributed by atoms with Gasteiger partial charge in [-0.3, -0.25) is 4.89 Å². The molecule has 0 aliphatic carbocycles. The SMILES string of the molecule is C=C(C)C(=O)OO.[SbH3]. The summed E-state index contributed by atoms with van der Waals surface area (Å²) in [5.41, 5.74) is 0.183. The van der Waals surface area contributed by atoms with Crippen molar-refractivity contribution in [2.75, 3.05) is 0 Å². The zero-order valence-corrected chi connectivity index (χ0v) is 8.71. The van der Waals surface area contributed by atoms with Crippen LogP contribution in [0.3, 0.4) is 0 Å². The van der Waals surface area contributed by atoms with Crippen molar-refractivity contribution in [1.29, 1.82) is 0 Å². The van der Waals surface area contributed by atoms with E-state index in [0.29, 0.717) is 0 Å². The molecule has 0 unspecified atom stereocenters. The van der Waals surface area contributed by atoms with Crippen LogP contribution in [0.1, 0.15) is 6.92 Å².